The topological polar surface area (TPSA) is 48.1 Å². The van der Waals surface area contributed by atoms with Gasteiger partial charge in [-0.1, -0.05) is 0 Å². The van der Waals surface area contributed by atoms with Crippen LogP contribution < -0.4 is 10.5 Å². The van der Waals surface area contributed by atoms with Gasteiger partial charge in [-0.05, 0) is 6.92 Å². The zero-order chi connectivity index (χ0) is 10.7. The van der Waals surface area contributed by atoms with E-state index >= 15 is 0 Å². The SMILES string of the molecule is COc1cc(CN)nc(C(F)F)c1C. The summed E-state index contributed by atoms with van der Waals surface area (Å²) < 4.78 is 30.0. The number of alkyl halides is 2. The van der Waals surface area contributed by atoms with Crippen molar-refractivity contribution in [3.8, 4) is 5.75 Å². The summed E-state index contributed by atoms with van der Waals surface area (Å²) >= 11 is 0. The lowest BCUT2D eigenvalue weighted by molar-refractivity contribution is 0.144. The molecule has 1 aromatic heterocycles. The number of nitrogens with zero attached hydrogens (tertiary/aromatic N) is 1. The van der Waals surface area contributed by atoms with Crippen LogP contribution in [0.2, 0.25) is 0 Å². The first-order valence-electron chi connectivity index (χ1n) is 4.12. The van der Waals surface area contributed by atoms with Gasteiger partial charge >= 0.3 is 0 Å². The first kappa shape index (κ1) is 10.8. The monoisotopic (exact) mass is 202 g/mol. The van der Waals surface area contributed by atoms with Crippen LogP contribution >= 0.6 is 0 Å². The van der Waals surface area contributed by atoms with Crippen molar-refractivity contribution in [1.82, 2.24) is 4.98 Å². The number of pyridine rings is 1. The normalized spacial score (nSPS) is 10.7. The Morgan fingerprint density at radius 3 is 2.64 bits per heavy atom. The number of rotatable bonds is 3. The summed E-state index contributed by atoms with van der Waals surface area (Å²) in [6.45, 7) is 1.67. The van der Waals surface area contributed by atoms with E-state index in [9.17, 15) is 8.78 Å². The number of aromatic nitrogens is 1. The Labute approximate surface area is 80.9 Å². The lowest BCUT2D eigenvalue weighted by Gasteiger charge is -2.10. The molecule has 14 heavy (non-hydrogen) atoms. The molecule has 0 amide bonds. The number of ether oxygens (including phenoxy) is 1. The van der Waals surface area contributed by atoms with E-state index in [1.54, 1.807) is 13.0 Å². The lowest BCUT2D eigenvalue weighted by atomic mass is 10.1. The highest BCUT2D eigenvalue weighted by molar-refractivity contribution is 5.37. The van der Waals surface area contributed by atoms with Gasteiger partial charge in [-0.15, -0.1) is 0 Å². The highest BCUT2D eigenvalue weighted by Crippen LogP contribution is 2.27. The van der Waals surface area contributed by atoms with Gasteiger partial charge in [0.2, 0.25) is 0 Å². The molecule has 0 spiro atoms. The molecule has 0 aromatic carbocycles. The first-order valence-corrected chi connectivity index (χ1v) is 4.12. The standard InChI is InChI=1S/C9H12F2N2O/c1-5-7(14-2)3-6(4-12)13-8(5)9(10)11/h3,9H,4,12H2,1-2H3. The first-order chi connectivity index (χ1) is 6.60. The third kappa shape index (κ3) is 1.98. The predicted molar refractivity (Wildman–Crippen MR) is 48.4 cm³/mol. The zero-order valence-corrected chi connectivity index (χ0v) is 8.05. The van der Waals surface area contributed by atoms with E-state index in [0.29, 0.717) is 17.0 Å². The molecule has 3 nitrogen and oxygen atoms in total. The summed E-state index contributed by atoms with van der Waals surface area (Å²) in [6.07, 6.45) is -2.60. The molecule has 1 aromatic rings. The molecule has 0 aliphatic carbocycles. The fourth-order valence-electron chi connectivity index (χ4n) is 1.19. The minimum atomic E-state index is -2.60. The molecule has 1 heterocycles. The molecule has 78 valence electrons. The smallest absolute Gasteiger partial charge is 0.280 e. The molecule has 0 fully saturated rings. The average Bonchev–Trinajstić information content (AvgIpc) is 2.17. The fourth-order valence-corrected chi connectivity index (χ4v) is 1.19. The quantitative estimate of drug-likeness (QED) is 0.812. The van der Waals surface area contributed by atoms with Crippen molar-refractivity contribution in [2.24, 2.45) is 5.73 Å². The Kier molecular flexibility index (Phi) is 3.35. The summed E-state index contributed by atoms with van der Waals surface area (Å²) in [5, 5.41) is 0. The maximum atomic E-state index is 12.5. The van der Waals surface area contributed by atoms with Gasteiger partial charge in [0.15, 0.2) is 0 Å². The van der Waals surface area contributed by atoms with Crippen LogP contribution in [-0.4, -0.2) is 12.1 Å². The van der Waals surface area contributed by atoms with Crippen LogP contribution in [-0.2, 0) is 6.54 Å². The molecule has 2 N–H and O–H groups in total. The van der Waals surface area contributed by atoms with Crippen molar-refractivity contribution >= 4 is 0 Å². The maximum absolute atomic E-state index is 12.5. The van der Waals surface area contributed by atoms with Crippen molar-refractivity contribution < 1.29 is 13.5 Å². The molecular formula is C9H12F2N2O. The molecule has 1 rings (SSSR count). The molecule has 5 heteroatoms. The van der Waals surface area contributed by atoms with Crippen LogP contribution in [0.5, 0.6) is 5.75 Å². The van der Waals surface area contributed by atoms with Crippen molar-refractivity contribution in [2.75, 3.05) is 7.11 Å². The second-order valence-electron chi connectivity index (χ2n) is 2.83. The molecule has 0 aliphatic heterocycles. The minimum absolute atomic E-state index is 0.121. The van der Waals surface area contributed by atoms with E-state index in [1.807, 2.05) is 0 Å². The van der Waals surface area contributed by atoms with Gasteiger partial charge in [-0.3, -0.25) is 0 Å². The second kappa shape index (κ2) is 4.32. The molecule has 0 saturated heterocycles. The highest BCUT2D eigenvalue weighted by atomic mass is 19.3. The van der Waals surface area contributed by atoms with Crippen LogP contribution in [0.3, 0.4) is 0 Å². The van der Waals surface area contributed by atoms with Gasteiger partial charge in [0.1, 0.15) is 11.4 Å². The lowest BCUT2D eigenvalue weighted by Crippen LogP contribution is -2.06. The molecule has 0 saturated carbocycles. The van der Waals surface area contributed by atoms with Gasteiger partial charge in [-0.2, -0.15) is 0 Å². The van der Waals surface area contributed by atoms with Crippen LogP contribution in [0, 0.1) is 6.92 Å². The third-order valence-electron chi connectivity index (χ3n) is 1.95. The van der Waals surface area contributed by atoms with Crippen molar-refractivity contribution in [3.05, 3.63) is 23.0 Å². The minimum Gasteiger partial charge on any atom is -0.496 e. The van der Waals surface area contributed by atoms with Crippen LogP contribution in [0.1, 0.15) is 23.4 Å². The average molecular weight is 202 g/mol. The van der Waals surface area contributed by atoms with Gasteiger partial charge in [0.25, 0.3) is 6.43 Å². The number of hydrogen-bond donors (Lipinski definition) is 1. The van der Waals surface area contributed by atoms with Crippen LogP contribution in [0.25, 0.3) is 0 Å². The Bertz CT molecular complexity index is 329. The molecule has 0 unspecified atom stereocenters. The van der Waals surface area contributed by atoms with Crippen molar-refractivity contribution in [3.63, 3.8) is 0 Å². The van der Waals surface area contributed by atoms with Crippen molar-refractivity contribution in [1.29, 1.82) is 0 Å². The van der Waals surface area contributed by atoms with E-state index < -0.39 is 6.43 Å². The largest absolute Gasteiger partial charge is 0.496 e. The summed E-state index contributed by atoms with van der Waals surface area (Å²) in [5.41, 5.74) is 5.84. The number of methoxy groups -OCH3 is 1. The van der Waals surface area contributed by atoms with Gasteiger partial charge in [0.05, 0.1) is 12.8 Å². The molecular weight excluding hydrogens is 190 g/mol. The Morgan fingerprint density at radius 2 is 2.21 bits per heavy atom. The third-order valence-corrected chi connectivity index (χ3v) is 1.95. The Hall–Kier alpha value is -1.23. The van der Waals surface area contributed by atoms with E-state index in [2.05, 4.69) is 4.98 Å². The molecule has 0 aliphatic rings. The maximum Gasteiger partial charge on any atom is 0.280 e. The van der Waals surface area contributed by atoms with E-state index in [1.165, 1.54) is 7.11 Å². The summed E-state index contributed by atoms with van der Waals surface area (Å²) in [5.74, 6) is 0.399. The zero-order valence-electron chi connectivity index (χ0n) is 8.05. The number of hydrogen-bond acceptors (Lipinski definition) is 3. The molecule has 0 bridgehead atoms. The fraction of sp³-hybridized carbons (Fsp3) is 0.444. The van der Waals surface area contributed by atoms with Crippen LogP contribution in [0.15, 0.2) is 6.07 Å². The summed E-state index contributed by atoms with van der Waals surface area (Å²) in [6, 6.07) is 1.57. The van der Waals surface area contributed by atoms with E-state index in [4.69, 9.17) is 10.5 Å². The highest BCUT2D eigenvalue weighted by Gasteiger charge is 2.16. The predicted octanol–water partition coefficient (Wildman–Crippen LogP) is 1.79. The number of nitrogens with two attached hydrogens (primary N) is 1. The molecule has 0 atom stereocenters. The van der Waals surface area contributed by atoms with E-state index in [-0.39, 0.29) is 12.2 Å². The second-order valence-corrected chi connectivity index (χ2v) is 2.83. The number of halogens is 2. The Balaban J connectivity index is 3.27. The van der Waals surface area contributed by atoms with Gasteiger partial charge in [-0.25, -0.2) is 13.8 Å². The Morgan fingerprint density at radius 1 is 1.57 bits per heavy atom. The van der Waals surface area contributed by atoms with Crippen LogP contribution in [0.4, 0.5) is 8.78 Å². The van der Waals surface area contributed by atoms with Gasteiger partial charge < -0.3 is 10.5 Å². The van der Waals surface area contributed by atoms with E-state index in [0.717, 1.165) is 0 Å². The summed E-state index contributed by atoms with van der Waals surface area (Å²) in [7, 11) is 1.43. The van der Waals surface area contributed by atoms with Gasteiger partial charge in [0, 0.05) is 18.2 Å². The van der Waals surface area contributed by atoms with Crippen molar-refractivity contribution in [2.45, 2.75) is 19.9 Å². The summed E-state index contributed by atoms with van der Waals surface area (Å²) in [4.78, 5) is 3.74. The molecule has 0 radical (unpaired) electrons.